The Morgan fingerprint density at radius 3 is 2.82 bits per heavy atom. The summed E-state index contributed by atoms with van der Waals surface area (Å²) in [6, 6.07) is 7.03. The Kier molecular flexibility index (Phi) is 4.06. The molecule has 8 heteroatoms. The van der Waals surface area contributed by atoms with Crippen LogP contribution in [0.1, 0.15) is 0 Å². The minimum absolute atomic E-state index is 0.00971. The number of nitrogens with zero attached hydrogens (tertiary/aromatic N) is 2. The molecule has 5 nitrogen and oxygen atoms in total. The largest absolute Gasteiger partial charge is 0.611 e. The summed E-state index contributed by atoms with van der Waals surface area (Å²) in [5, 5.41) is 2.66. The van der Waals surface area contributed by atoms with Crippen LogP contribution in [0.25, 0.3) is 10.2 Å². The molecular weight excluding hydrogens is 327 g/mol. The van der Waals surface area contributed by atoms with Gasteiger partial charge in [-0.3, -0.25) is 4.98 Å². The number of benzene rings is 1. The van der Waals surface area contributed by atoms with E-state index in [9.17, 15) is 13.9 Å². The lowest BCUT2D eigenvalue weighted by atomic mass is 10.3. The number of hydrogen-bond acceptors (Lipinski definition) is 6. The predicted octanol–water partition coefficient (Wildman–Crippen LogP) is 4.36. The molecule has 1 unspecified atom stereocenters. The van der Waals surface area contributed by atoms with Gasteiger partial charge in [0.25, 0.3) is 0 Å². The third-order valence-electron chi connectivity index (χ3n) is 2.88. The SMILES string of the molecule is C[S+]([O-])c1cc2nccc(Oc3ccc(N=O)cc3F)c2s1. The Labute approximate surface area is 131 Å². The number of halogens is 1. The first kappa shape index (κ1) is 14.9. The van der Waals surface area contributed by atoms with E-state index in [-0.39, 0.29) is 11.4 Å². The zero-order valence-electron chi connectivity index (χ0n) is 11.3. The van der Waals surface area contributed by atoms with Gasteiger partial charge in [-0.15, -0.1) is 4.91 Å². The van der Waals surface area contributed by atoms with Crippen molar-refractivity contribution in [2.24, 2.45) is 5.18 Å². The molecule has 0 amide bonds. The summed E-state index contributed by atoms with van der Waals surface area (Å²) in [5.41, 5.74) is 0.629. The van der Waals surface area contributed by atoms with Crippen LogP contribution >= 0.6 is 11.3 Å². The molecule has 0 saturated heterocycles. The highest BCUT2D eigenvalue weighted by atomic mass is 32.2. The molecule has 1 aromatic carbocycles. The minimum Gasteiger partial charge on any atom is -0.611 e. The molecule has 3 rings (SSSR count). The molecule has 0 aliphatic rings. The average molecular weight is 336 g/mol. The first-order valence-corrected chi connectivity index (χ1v) is 8.48. The molecule has 0 saturated carbocycles. The van der Waals surface area contributed by atoms with Gasteiger partial charge in [-0.25, -0.2) is 4.39 Å². The van der Waals surface area contributed by atoms with Crippen molar-refractivity contribution < 1.29 is 13.7 Å². The summed E-state index contributed by atoms with van der Waals surface area (Å²) in [4.78, 5) is 14.6. The summed E-state index contributed by atoms with van der Waals surface area (Å²) in [6.45, 7) is 0. The zero-order valence-corrected chi connectivity index (χ0v) is 12.9. The number of aromatic nitrogens is 1. The number of nitroso groups, excluding NO2 is 1. The maximum Gasteiger partial charge on any atom is 0.209 e. The molecule has 2 heterocycles. The van der Waals surface area contributed by atoms with E-state index in [1.165, 1.54) is 29.7 Å². The number of rotatable bonds is 4. The van der Waals surface area contributed by atoms with E-state index in [4.69, 9.17) is 4.74 Å². The fraction of sp³-hybridized carbons (Fsp3) is 0.0714. The third-order valence-corrected chi connectivity index (χ3v) is 5.45. The highest BCUT2D eigenvalue weighted by Gasteiger charge is 2.16. The van der Waals surface area contributed by atoms with Crippen molar-refractivity contribution in [2.75, 3.05) is 6.26 Å². The van der Waals surface area contributed by atoms with Crippen LogP contribution in [-0.4, -0.2) is 15.8 Å². The molecule has 0 aliphatic heterocycles. The Hall–Kier alpha value is -2.03. The van der Waals surface area contributed by atoms with Crippen molar-refractivity contribution in [3.05, 3.63) is 47.3 Å². The van der Waals surface area contributed by atoms with E-state index in [0.717, 1.165) is 6.07 Å². The van der Waals surface area contributed by atoms with Gasteiger partial charge in [0.1, 0.15) is 22.4 Å². The van der Waals surface area contributed by atoms with E-state index < -0.39 is 17.0 Å². The van der Waals surface area contributed by atoms with E-state index in [1.54, 1.807) is 18.4 Å². The van der Waals surface area contributed by atoms with Gasteiger partial charge >= 0.3 is 0 Å². The van der Waals surface area contributed by atoms with Crippen LogP contribution in [0, 0.1) is 10.7 Å². The fourth-order valence-corrected chi connectivity index (χ4v) is 3.66. The highest BCUT2D eigenvalue weighted by Crippen LogP contribution is 2.37. The first-order chi connectivity index (χ1) is 10.6. The quantitative estimate of drug-likeness (QED) is 0.524. The number of fused-ring (bicyclic) bond motifs is 1. The second kappa shape index (κ2) is 5.99. The lowest BCUT2D eigenvalue weighted by Crippen LogP contribution is -1.91. The normalized spacial score (nSPS) is 12.3. The maximum atomic E-state index is 13.9. The summed E-state index contributed by atoms with van der Waals surface area (Å²) in [5.74, 6) is -0.289. The van der Waals surface area contributed by atoms with Crippen LogP contribution < -0.4 is 4.74 Å². The van der Waals surface area contributed by atoms with E-state index in [1.807, 2.05) is 0 Å². The third kappa shape index (κ3) is 2.80. The smallest absolute Gasteiger partial charge is 0.209 e. The van der Waals surface area contributed by atoms with Crippen molar-refractivity contribution in [2.45, 2.75) is 4.21 Å². The van der Waals surface area contributed by atoms with E-state index >= 15 is 0 Å². The second-order valence-corrected chi connectivity index (χ2v) is 7.01. The number of ether oxygens (including phenoxy) is 1. The van der Waals surface area contributed by atoms with Crippen molar-refractivity contribution >= 4 is 38.4 Å². The van der Waals surface area contributed by atoms with Crippen LogP contribution in [0.15, 0.2) is 45.9 Å². The lowest BCUT2D eigenvalue weighted by molar-refractivity contribution is 0.447. The topological polar surface area (TPSA) is 74.6 Å². The van der Waals surface area contributed by atoms with Gasteiger partial charge in [0.2, 0.25) is 4.21 Å². The Morgan fingerprint density at radius 1 is 1.32 bits per heavy atom. The zero-order chi connectivity index (χ0) is 15.7. The van der Waals surface area contributed by atoms with Crippen molar-refractivity contribution in [1.29, 1.82) is 0 Å². The molecule has 22 heavy (non-hydrogen) atoms. The van der Waals surface area contributed by atoms with Crippen molar-refractivity contribution in [1.82, 2.24) is 4.98 Å². The molecule has 0 fully saturated rings. The van der Waals surface area contributed by atoms with Gasteiger partial charge in [-0.05, 0) is 28.5 Å². The second-order valence-electron chi connectivity index (χ2n) is 4.35. The Morgan fingerprint density at radius 2 is 2.14 bits per heavy atom. The number of thiophene rings is 1. The molecule has 0 N–H and O–H groups in total. The first-order valence-electron chi connectivity index (χ1n) is 6.11. The van der Waals surface area contributed by atoms with Crippen LogP contribution in [0.5, 0.6) is 11.5 Å². The summed E-state index contributed by atoms with van der Waals surface area (Å²) < 4.78 is 32.4. The molecule has 112 valence electrons. The molecule has 0 bridgehead atoms. The van der Waals surface area contributed by atoms with Crippen molar-refractivity contribution in [3.8, 4) is 11.5 Å². The monoisotopic (exact) mass is 336 g/mol. The predicted molar refractivity (Wildman–Crippen MR) is 83.9 cm³/mol. The van der Waals surface area contributed by atoms with Gasteiger partial charge < -0.3 is 9.29 Å². The van der Waals surface area contributed by atoms with Gasteiger partial charge in [-0.2, -0.15) is 0 Å². The Balaban J connectivity index is 2.02. The van der Waals surface area contributed by atoms with Crippen LogP contribution in [0.3, 0.4) is 0 Å². The molecule has 0 radical (unpaired) electrons. The minimum atomic E-state index is -1.12. The van der Waals surface area contributed by atoms with E-state index in [0.29, 0.717) is 20.2 Å². The van der Waals surface area contributed by atoms with Crippen LogP contribution in [0.2, 0.25) is 0 Å². The highest BCUT2D eigenvalue weighted by molar-refractivity contribution is 7.92. The molecule has 1 atom stereocenters. The maximum absolute atomic E-state index is 13.9. The van der Waals surface area contributed by atoms with Crippen LogP contribution in [0.4, 0.5) is 10.1 Å². The molecule has 2 aromatic heterocycles. The van der Waals surface area contributed by atoms with E-state index in [2.05, 4.69) is 10.2 Å². The summed E-state index contributed by atoms with van der Waals surface area (Å²) >= 11 is 0.163. The standard InChI is InChI=1S/C14H9FN2O3S2/c1-22(19)13-7-10-14(21-13)12(4-5-16-10)20-11-3-2-8(17-18)6-9(11)15/h2-7H,1H3. The lowest BCUT2D eigenvalue weighted by Gasteiger charge is -2.07. The molecule has 0 aliphatic carbocycles. The summed E-state index contributed by atoms with van der Waals surface area (Å²) in [7, 11) is 0. The van der Waals surface area contributed by atoms with Gasteiger partial charge in [-0.1, -0.05) is 11.3 Å². The summed E-state index contributed by atoms with van der Waals surface area (Å²) in [6.07, 6.45) is 3.11. The van der Waals surface area contributed by atoms with Gasteiger partial charge in [0.15, 0.2) is 11.6 Å². The number of hydrogen-bond donors (Lipinski definition) is 0. The molecule has 0 spiro atoms. The van der Waals surface area contributed by atoms with Gasteiger partial charge in [0, 0.05) is 24.4 Å². The van der Waals surface area contributed by atoms with Crippen molar-refractivity contribution in [3.63, 3.8) is 0 Å². The molecular formula is C14H9FN2O3S2. The average Bonchev–Trinajstić information content (AvgIpc) is 2.94. The van der Waals surface area contributed by atoms with Crippen LogP contribution in [-0.2, 0) is 11.2 Å². The Bertz CT molecular complexity index is 851. The number of pyridine rings is 1. The van der Waals surface area contributed by atoms with Gasteiger partial charge in [0.05, 0.1) is 5.52 Å². The molecule has 3 aromatic rings. The fourth-order valence-electron chi connectivity index (χ4n) is 1.86.